The number of hydrogen-bond donors (Lipinski definition) is 2. The highest BCUT2D eigenvalue weighted by atomic mass is 19.1. The van der Waals surface area contributed by atoms with Gasteiger partial charge in [-0.2, -0.15) is 0 Å². The molecule has 0 radical (unpaired) electrons. The fraction of sp³-hybridized carbons (Fsp3) is 0.300. The Morgan fingerprint density at radius 1 is 1.60 bits per heavy atom. The van der Waals surface area contributed by atoms with Gasteiger partial charge >= 0.3 is 5.97 Å². The summed E-state index contributed by atoms with van der Waals surface area (Å²) >= 11 is 0. The number of carboxylic acid groups (broad SMARTS) is 1. The summed E-state index contributed by atoms with van der Waals surface area (Å²) in [6, 6.07) is 3.95. The maximum absolute atomic E-state index is 12.9. The second-order valence-corrected chi connectivity index (χ2v) is 2.85. The van der Waals surface area contributed by atoms with Crippen LogP contribution < -0.4 is 10.1 Å². The van der Waals surface area contributed by atoms with Gasteiger partial charge in [0.2, 0.25) is 0 Å². The molecule has 0 aromatic heterocycles. The van der Waals surface area contributed by atoms with Gasteiger partial charge in [0.25, 0.3) is 0 Å². The van der Waals surface area contributed by atoms with Crippen LogP contribution in [0.3, 0.4) is 0 Å². The van der Waals surface area contributed by atoms with Crippen LogP contribution in [0.5, 0.6) is 5.75 Å². The molecular formula is C10H12FNO3. The van der Waals surface area contributed by atoms with Crippen molar-refractivity contribution in [2.24, 2.45) is 0 Å². The van der Waals surface area contributed by atoms with Gasteiger partial charge in [0, 0.05) is 12.6 Å². The Morgan fingerprint density at radius 3 is 2.93 bits per heavy atom. The third-order valence-corrected chi connectivity index (χ3v) is 1.66. The maximum atomic E-state index is 12.9. The van der Waals surface area contributed by atoms with Gasteiger partial charge in [-0.15, -0.1) is 0 Å². The number of benzene rings is 1. The minimum absolute atomic E-state index is 0.208. The molecular weight excluding hydrogens is 201 g/mol. The number of aliphatic carboxylic acids is 1. The highest BCUT2D eigenvalue weighted by Crippen LogP contribution is 2.25. The van der Waals surface area contributed by atoms with E-state index in [2.05, 4.69) is 5.32 Å². The average molecular weight is 213 g/mol. The molecule has 0 aliphatic heterocycles. The van der Waals surface area contributed by atoms with Crippen LogP contribution in [0.1, 0.15) is 6.92 Å². The predicted molar refractivity (Wildman–Crippen MR) is 53.7 cm³/mol. The molecule has 0 amide bonds. The fourth-order valence-corrected chi connectivity index (χ4v) is 1.09. The lowest BCUT2D eigenvalue weighted by Gasteiger charge is -2.10. The summed E-state index contributed by atoms with van der Waals surface area (Å²) < 4.78 is 17.8. The van der Waals surface area contributed by atoms with Crippen LogP contribution in [0.2, 0.25) is 0 Å². The molecule has 5 heteroatoms. The first-order valence-electron chi connectivity index (χ1n) is 4.51. The number of hydrogen-bond acceptors (Lipinski definition) is 3. The van der Waals surface area contributed by atoms with E-state index < -0.39 is 18.4 Å². The Hall–Kier alpha value is -1.78. The summed E-state index contributed by atoms with van der Waals surface area (Å²) in [5, 5.41) is 11.4. The molecule has 2 N–H and O–H groups in total. The summed E-state index contributed by atoms with van der Waals surface area (Å²) in [4.78, 5) is 10.3. The van der Waals surface area contributed by atoms with Crippen molar-refractivity contribution in [3.8, 4) is 5.75 Å². The minimum Gasteiger partial charge on any atom is -0.480 e. The predicted octanol–water partition coefficient (Wildman–Crippen LogP) is 1.72. The van der Waals surface area contributed by atoms with Crippen LogP contribution in [-0.2, 0) is 4.79 Å². The smallest absolute Gasteiger partial charge is 0.341 e. The third kappa shape index (κ3) is 3.46. The van der Waals surface area contributed by atoms with Gasteiger partial charge in [-0.3, -0.25) is 0 Å². The van der Waals surface area contributed by atoms with E-state index >= 15 is 0 Å². The molecule has 1 rings (SSSR count). The first kappa shape index (κ1) is 11.3. The fourth-order valence-electron chi connectivity index (χ4n) is 1.09. The molecule has 0 saturated carbocycles. The summed E-state index contributed by atoms with van der Waals surface area (Å²) in [7, 11) is 0. The molecule has 0 fully saturated rings. The first-order chi connectivity index (χ1) is 7.13. The van der Waals surface area contributed by atoms with Crippen LogP contribution in [0.4, 0.5) is 10.1 Å². The highest BCUT2D eigenvalue weighted by molar-refractivity contribution is 5.69. The lowest BCUT2D eigenvalue weighted by atomic mass is 10.3. The van der Waals surface area contributed by atoms with E-state index in [1.165, 1.54) is 12.1 Å². The summed E-state index contributed by atoms with van der Waals surface area (Å²) in [5.74, 6) is -1.35. The van der Waals surface area contributed by atoms with Gasteiger partial charge < -0.3 is 15.2 Å². The maximum Gasteiger partial charge on any atom is 0.341 e. The largest absolute Gasteiger partial charge is 0.480 e. The molecule has 82 valence electrons. The van der Waals surface area contributed by atoms with Gasteiger partial charge in [0.05, 0.1) is 5.69 Å². The van der Waals surface area contributed by atoms with Crippen LogP contribution in [-0.4, -0.2) is 24.2 Å². The summed E-state index contributed by atoms with van der Waals surface area (Å²) in [5.41, 5.74) is 0.583. The van der Waals surface area contributed by atoms with Gasteiger partial charge in [0.1, 0.15) is 11.6 Å². The third-order valence-electron chi connectivity index (χ3n) is 1.66. The van der Waals surface area contributed by atoms with Gasteiger partial charge in [-0.05, 0) is 19.1 Å². The van der Waals surface area contributed by atoms with E-state index in [-0.39, 0.29) is 5.75 Å². The molecule has 1 aromatic carbocycles. The van der Waals surface area contributed by atoms with Crippen LogP contribution in [0.15, 0.2) is 18.2 Å². The van der Waals surface area contributed by atoms with E-state index in [1.807, 2.05) is 6.92 Å². The molecule has 0 aliphatic carbocycles. The molecule has 0 aliphatic rings. The van der Waals surface area contributed by atoms with E-state index in [1.54, 1.807) is 0 Å². The molecule has 0 bridgehead atoms. The van der Waals surface area contributed by atoms with Gasteiger partial charge in [-0.1, -0.05) is 0 Å². The lowest BCUT2D eigenvalue weighted by Crippen LogP contribution is -2.11. The normalized spacial score (nSPS) is 9.73. The van der Waals surface area contributed by atoms with Crippen molar-refractivity contribution in [2.75, 3.05) is 18.5 Å². The SMILES string of the molecule is CCNc1ccc(F)cc1OCC(=O)O. The van der Waals surface area contributed by atoms with E-state index in [0.29, 0.717) is 12.2 Å². The Balaban J connectivity index is 2.81. The Morgan fingerprint density at radius 2 is 2.33 bits per heavy atom. The van der Waals surface area contributed by atoms with Crippen LogP contribution in [0.25, 0.3) is 0 Å². The van der Waals surface area contributed by atoms with Crippen molar-refractivity contribution in [3.63, 3.8) is 0 Å². The number of nitrogens with one attached hydrogen (secondary N) is 1. The number of carbonyl (C=O) groups is 1. The topological polar surface area (TPSA) is 58.6 Å². The minimum atomic E-state index is -1.10. The zero-order chi connectivity index (χ0) is 11.3. The number of anilines is 1. The zero-order valence-corrected chi connectivity index (χ0v) is 8.29. The molecule has 0 unspecified atom stereocenters. The zero-order valence-electron chi connectivity index (χ0n) is 8.29. The Labute approximate surface area is 86.7 Å². The number of carboxylic acids is 1. The van der Waals surface area contributed by atoms with Crippen molar-refractivity contribution >= 4 is 11.7 Å². The van der Waals surface area contributed by atoms with Gasteiger partial charge in [0.15, 0.2) is 6.61 Å². The Kier molecular flexibility index (Phi) is 3.91. The molecule has 0 heterocycles. The van der Waals surface area contributed by atoms with Crippen molar-refractivity contribution in [1.82, 2.24) is 0 Å². The molecule has 4 nitrogen and oxygen atoms in total. The molecule has 1 aromatic rings. The molecule has 0 saturated heterocycles. The van der Waals surface area contributed by atoms with Crippen molar-refractivity contribution in [3.05, 3.63) is 24.0 Å². The summed E-state index contributed by atoms with van der Waals surface area (Å²) in [6.07, 6.45) is 0. The Bertz CT molecular complexity index is 355. The first-order valence-corrected chi connectivity index (χ1v) is 4.51. The standard InChI is InChI=1S/C10H12FNO3/c1-2-12-8-4-3-7(11)5-9(8)15-6-10(13)14/h3-5,12H,2,6H2,1H3,(H,13,14). The van der Waals surface area contributed by atoms with Crippen molar-refractivity contribution in [1.29, 1.82) is 0 Å². The summed E-state index contributed by atoms with van der Waals surface area (Å²) in [6.45, 7) is 2.04. The van der Waals surface area contributed by atoms with Crippen LogP contribution >= 0.6 is 0 Å². The van der Waals surface area contributed by atoms with E-state index in [0.717, 1.165) is 6.07 Å². The monoisotopic (exact) mass is 213 g/mol. The molecule has 15 heavy (non-hydrogen) atoms. The van der Waals surface area contributed by atoms with Crippen molar-refractivity contribution < 1.29 is 19.0 Å². The van der Waals surface area contributed by atoms with Crippen molar-refractivity contribution in [2.45, 2.75) is 6.92 Å². The average Bonchev–Trinajstić information content (AvgIpc) is 2.18. The number of rotatable bonds is 5. The van der Waals surface area contributed by atoms with Crippen LogP contribution in [0, 0.1) is 5.82 Å². The lowest BCUT2D eigenvalue weighted by molar-refractivity contribution is -0.139. The number of halogens is 1. The van der Waals surface area contributed by atoms with Gasteiger partial charge in [-0.25, -0.2) is 9.18 Å². The van der Waals surface area contributed by atoms with E-state index in [9.17, 15) is 9.18 Å². The van der Waals surface area contributed by atoms with E-state index in [4.69, 9.17) is 9.84 Å². The molecule has 0 spiro atoms. The number of ether oxygens (including phenoxy) is 1. The second kappa shape index (κ2) is 5.19. The molecule has 0 atom stereocenters. The quantitative estimate of drug-likeness (QED) is 0.781. The highest BCUT2D eigenvalue weighted by Gasteiger charge is 2.06. The second-order valence-electron chi connectivity index (χ2n) is 2.85.